The van der Waals surface area contributed by atoms with Gasteiger partial charge in [0.1, 0.15) is 5.15 Å². The predicted octanol–water partition coefficient (Wildman–Crippen LogP) is 5.72. The molecule has 0 aliphatic rings. The fourth-order valence-corrected chi connectivity index (χ4v) is 2.40. The predicted molar refractivity (Wildman–Crippen MR) is 85.1 cm³/mol. The Morgan fingerprint density at radius 3 is 2.05 bits per heavy atom. The molecule has 3 aromatic rings. The molecule has 3 heteroatoms. The topological polar surface area (TPSA) is 12.9 Å². The fourth-order valence-electron chi connectivity index (χ4n) is 2.06. The minimum absolute atomic E-state index is 0.483. The number of halogens is 2. The molecule has 0 saturated heterocycles. The van der Waals surface area contributed by atoms with Crippen molar-refractivity contribution >= 4 is 23.2 Å². The maximum Gasteiger partial charge on any atom is 0.130 e. The minimum Gasteiger partial charge on any atom is -0.236 e. The van der Waals surface area contributed by atoms with Crippen LogP contribution in [-0.2, 0) is 0 Å². The molecule has 0 aliphatic heterocycles. The zero-order chi connectivity index (χ0) is 13.9. The van der Waals surface area contributed by atoms with Crippen molar-refractivity contribution in [1.29, 1.82) is 0 Å². The summed E-state index contributed by atoms with van der Waals surface area (Å²) in [5, 5.41) is 1.20. The Morgan fingerprint density at radius 2 is 1.35 bits per heavy atom. The molecular weight excluding hydrogens is 289 g/mol. The minimum atomic E-state index is 0.483. The molecule has 98 valence electrons. The highest BCUT2D eigenvalue weighted by atomic mass is 35.5. The van der Waals surface area contributed by atoms with Gasteiger partial charge >= 0.3 is 0 Å². The fraction of sp³-hybridized carbons (Fsp3) is 0. The van der Waals surface area contributed by atoms with Gasteiger partial charge < -0.3 is 0 Å². The molecule has 0 spiro atoms. The molecule has 3 rings (SSSR count). The zero-order valence-corrected chi connectivity index (χ0v) is 12.1. The molecule has 0 bridgehead atoms. The number of aromatic nitrogens is 1. The van der Waals surface area contributed by atoms with E-state index in [9.17, 15) is 0 Å². The highest BCUT2D eigenvalue weighted by molar-refractivity contribution is 6.30. The van der Waals surface area contributed by atoms with Gasteiger partial charge in [-0.25, -0.2) is 4.98 Å². The Labute approximate surface area is 127 Å². The normalized spacial score (nSPS) is 10.5. The van der Waals surface area contributed by atoms with E-state index in [-0.39, 0.29) is 0 Å². The van der Waals surface area contributed by atoms with Gasteiger partial charge in [-0.05, 0) is 35.4 Å². The molecule has 0 radical (unpaired) electrons. The third-order valence-electron chi connectivity index (χ3n) is 3.04. The first-order valence-electron chi connectivity index (χ1n) is 6.21. The van der Waals surface area contributed by atoms with Crippen LogP contribution in [0, 0.1) is 0 Å². The molecule has 1 nitrogen and oxygen atoms in total. The first-order valence-corrected chi connectivity index (χ1v) is 6.97. The highest BCUT2D eigenvalue weighted by Gasteiger charge is 2.05. The molecule has 1 aromatic heterocycles. The standard InChI is InChI=1S/C17H11Cl2N/c18-15-8-6-12(7-9-15)14-10-16(20-17(19)11-14)13-4-2-1-3-5-13/h1-11H. The average Bonchev–Trinajstić information content (AvgIpc) is 2.48. The molecule has 0 amide bonds. The SMILES string of the molecule is Clc1ccc(-c2cc(Cl)nc(-c3ccccc3)c2)cc1. The van der Waals surface area contributed by atoms with Crippen molar-refractivity contribution in [2.75, 3.05) is 0 Å². The molecule has 2 aromatic carbocycles. The van der Waals surface area contributed by atoms with Crippen molar-refractivity contribution in [1.82, 2.24) is 4.98 Å². The molecule has 0 N–H and O–H groups in total. The van der Waals surface area contributed by atoms with Crippen LogP contribution in [-0.4, -0.2) is 4.98 Å². The Balaban J connectivity index is 2.09. The van der Waals surface area contributed by atoms with Crippen molar-refractivity contribution in [2.24, 2.45) is 0 Å². The van der Waals surface area contributed by atoms with E-state index < -0.39 is 0 Å². The Morgan fingerprint density at radius 1 is 0.650 bits per heavy atom. The zero-order valence-electron chi connectivity index (χ0n) is 10.6. The van der Waals surface area contributed by atoms with Gasteiger partial charge in [0.25, 0.3) is 0 Å². The van der Waals surface area contributed by atoms with Crippen LogP contribution in [0.3, 0.4) is 0 Å². The van der Waals surface area contributed by atoms with Gasteiger partial charge in [-0.1, -0.05) is 65.7 Å². The number of nitrogens with zero attached hydrogens (tertiary/aromatic N) is 1. The van der Waals surface area contributed by atoms with Gasteiger partial charge in [-0.3, -0.25) is 0 Å². The van der Waals surface area contributed by atoms with E-state index in [1.807, 2.05) is 66.7 Å². The molecule has 0 saturated carbocycles. The van der Waals surface area contributed by atoms with Crippen LogP contribution in [0.5, 0.6) is 0 Å². The second kappa shape index (κ2) is 5.66. The largest absolute Gasteiger partial charge is 0.236 e. The van der Waals surface area contributed by atoms with Gasteiger partial charge in [-0.2, -0.15) is 0 Å². The summed E-state index contributed by atoms with van der Waals surface area (Å²) in [5.41, 5.74) is 4.00. The lowest BCUT2D eigenvalue weighted by Crippen LogP contribution is -1.87. The molecule has 0 atom stereocenters. The monoisotopic (exact) mass is 299 g/mol. The number of benzene rings is 2. The van der Waals surface area contributed by atoms with E-state index in [0.717, 1.165) is 27.4 Å². The van der Waals surface area contributed by atoms with Crippen molar-refractivity contribution in [2.45, 2.75) is 0 Å². The van der Waals surface area contributed by atoms with Crippen molar-refractivity contribution in [3.8, 4) is 22.4 Å². The quantitative estimate of drug-likeness (QED) is 0.551. The van der Waals surface area contributed by atoms with Crippen LogP contribution in [0.25, 0.3) is 22.4 Å². The lowest BCUT2D eigenvalue weighted by atomic mass is 10.0. The van der Waals surface area contributed by atoms with Crippen LogP contribution in [0.4, 0.5) is 0 Å². The van der Waals surface area contributed by atoms with Gasteiger partial charge in [0, 0.05) is 10.6 Å². The van der Waals surface area contributed by atoms with Gasteiger partial charge in [0.15, 0.2) is 0 Å². The summed E-state index contributed by atoms with van der Waals surface area (Å²) in [6, 6.07) is 21.6. The van der Waals surface area contributed by atoms with Crippen LogP contribution in [0.1, 0.15) is 0 Å². The first kappa shape index (κ1) is 13.2. The van der Waals surface area contributed by atoms with E-state index in [1.165, 1.54) is 0 Å². The summed E-state index contributed by atoms with van der Waals surface area (Å²) < 4.78 is 0. The Hall–Kier alpha value is -1.83. The van der Waals surface area contributed by atoms with Crippen LogP contribution in [0.2, 0.25) is 10.2 Å². The van der Waals surface area contributed by atoms with E-state index in [1.54, 1.807) is 0 Å². The summed E-state index contributed by atoms with van der Waals surface area (Å²) in [5.74, 6) is 0. The molecule has 1 heterocycles. The lowest BCUT2D eigenvalue weighted by molar-refractivity contribution is 1.32. The lowest BCUT2D eigenvalue weighted by Gasteiger charge is -2.07. The average molecular weight is 300 g/mol. The summed E-state index contributed by atoms with van der Waals surface area (Å²) in [6.07, 6.45) is 0. The molecule has 0 unspecified atom stereocenters. The van der Waals surface area contributed by atoms with Gasteiger partial charge in [0.2, 0.25) is 0 Å². The van der Waals surface area contributed by atoms with Crippen LogP contribution in [0.15, 0.2) is 66.7 Å². The van der Waals surface area contributed by atoms with Crippen molar-refractivity contribution < 1.29 is 0 Å². The number of hydrogen-bond acceptors (Lipinski definition) is 1. The highest BCUT2D eigenvalue weighted by Crippen LogP contribution is 2.28. The molecule has 0 aliphatic carbocycles. The summed E-state index contributed by atoms with van der Waals surface area (Å²) in [6.45, 7) is 0. The summed E-state index contributed by atoms with van der Waals surface area (Å²) in [4.78, 5) is 4.39. The summed E-state index contributed by atoms with van der Waals surface area (Å²) >= 11 is 12.1. The number of pyridine rings is 1. The van der Waals surface area contributed by atoms with Crippen LogP contribution < -0.4 is 0 Å². The van der Waals surface area contributed by atoms with E-state index >= 15 is 0 Å². The van der Waals surface area contributed by atoms with Crippen LogP contribution >= 0.6 is 23.2 Å². The Kier molecular flexibility index (Phi) is 3.72. The second-order valence-corrected chi connectivity index (χ2v) is 5.26. The van der Waals surface area contributed by atoms with Gasteiger partial charge in [0.05, 0.1) is 5.69 Å². The first-order chi connectivity index (χ1) is 9.72. The Bertz CT molecular complexity index is 722. The van der Waals surface area contributed by atoms with Crippen molar-refractivity contribution in [3.63, 3.8) is 0 Å². The van der Waals surface area contributed by atoms with E-state index in [2.05, 4.69) is 4.98 Å². The molecular formula is C17H11Cl2N. The third-order valence-corrected chi connectivity index (χ3v) is 3.49. The van der Waals surface area contributed by atoms with E-state index in [4.69, 9.17) is 23.2 Å². The number of rotatable bonds is 2. The second-order valence-electron chi connectivity index (χ2n) is 4.44. The third kappa shape index (κ3) is 2.84. The molecule has 20 heavy (non-hydrogen) atoms. The maximum atomic E-state index is 6.14. The summed E-state index contributed by atoms with van der Waals surface area (Å²) in [7, 11) is 0. The smallest absolute Gasteiger partial charge is 0.130 e. The maximum absolute atomic E-state index is 6.14. The van der Waals surface area contributed by atoms with E-state index in [0.29, 0.717) is 5.15 Å². The molecule has 0 fully saturated rings. The van der Waals surface area contributed by atoms with Crippen molar-refractivity contribution in [3.05, 3.63) is 76.9 Å². The number of hydrogen-bond donors (Lipinski definition) is 0. The van der Waals surface area contributed by atoms with Gasteiger partial charge in [-0.15, -0.1) is 0 Å².